The zero-order valence-corrected chi connectivity index (χ0v) is 52.6. The van der Waals surface area contributed by atoms with Gasteiger partial charge in [0.2, 0.25) is 0 Å². The number of esters is 3. The van der Waals surface area contributed by atoms with Gasteiger partial charge in [0.1, 0.15) is 13.2 Å². The number of hydrogen-bond donors (Lipinski definition) is 0. The normalized spacial score (nSPS) is 12.8. The highest BCUT2D eigenvalue weighted by molar-refractivity contribution is 5.71. The van der Waals surface area contributed by atoms with E-state index in [9.17, 15) is 14.4 Å². The number of unbranched alkanes of at least 4 members (excludes halogenated alkanes) is 32. The van der Waals surface area contributed by atoms with E-state index in [0.29, 0.717) is 19.3 Å². The zero-order chi connectivity index (χ0) is 57.8. The summed E-state index contributed by atoms with van der Waals surface area (Å²) < 4.78 is 16.9. The standard InChI is InChI=1S/C74H126O6/c1-4-7-10-13-16-19-22-25-27-29-31-33-35-36-37-38-39-41-42-44-46-49-52-55-58-61-64-67-73(76)79-70-71(69-78-72(75)66-63-60-57-54-51-48-24-21-18-15-12-9-6-3)80-74(77)68-65-62-59-56-53-50-47-45-43-40-34-32-30-28-26-23-20-17-14-11-8-5-2/h7,10,16,19,21,24-25,27,31,33,36-37,39,41,44,46,52,55,71H,4-6,8-9,11-15,17-18,20,22-23,26,28-30,32,34-35,38,40,42-43,45,47-51,53-54,56-70H2,1-3H3/b10-7-,19-16-,24-21-,27-25-,33-31-,37-36-,41-39-,46-44-,55-52-. The van der Waals surface area contributed by atoms with E-state index < -0.39 is 6.10 Å². The van der Waals surface area contributed by atoms with E-state index in [1.165, 1.54) is 167 Å². The zero-order valence-electron chi connectivity index (χ0n) is 52.6. The second-order valence-corrected chi connectivity index (χ2v) is 22.4. The minimum Gasteiger partial charge on any atom is -0.462 e. The second-order valence-electron chi connectivity index (χ2n) is 22.4. The quantitative estimate of drug-likeness (QED) is 0.0261. The minimum absolute atomic E-state index is 0.0946. The number of rotatable bonds is 61. The highest BCUT2D eigenvalue weighted by atomic mass is 16.6. The summed E-state index contributed by atoms with van der Waals surface area (Å²) in [5.41, 5.74) is 0. The van der Waals surface area contributed by atoms with Crippen LogP contribution in [0.25, 0.3) is 0 Å². The van der Waals surface area contributed by atoms with Gasteiger partial charge in [0.15, 0.2) is 6.10 Å². The molecule has 0 rings (SSSR count). The van der Waals surface area contributed by atoms with Crippen LogP contribution < -0.4 is 0 Å². The lowest BCUT2D eigenvalue weighted by Crippen LogP contribution is -2.30. The number of hydrogen-bond acceptors (Lipinski definition) is 6. The van der Waals surface area contributed by atoms with Gasteiger partial charge in [-0.05, 0) is 109 Å². The molecule has 0 aliphatic carbocycles. The van der Waals surface area contributed by atoms with Crippen molar-refractivity contribution in [1.29, 1.82) is 0 Å². The van der Waals surface area contributed by atoms with Gasteiger partial charge in [-0.3, -0.25) is 14.4 Å². The Balaban J connectivity index is 4.39. The first-order chi connectivity index (χ1) is 39.5. The Morgan fingerprint density at radius 2 is 0.487 bits per heavy atom. The molecule has 0 N–H and O–H groups in total. The summed E-state index contributed by atoms with van der Waals surface area (Å²) in [7, 11) is 0. The lowest BCUT2D eigenvalue weighted by atomic mass is 10.0. The van der Waals surface area contributed by atoms with E-state index >= 15 is 0 Å². The van der Waals surface area contributed by atoms with E-state index in [4.69, 9.17) is 14.2 Å². The Labute approximate surface area is 495 Å². The number of allylic oxidation sites excluding steroid dienone is 18. The smallest absolute Gasteiger partial charge is 0.306 e. The molecule has 1 unspecified atom stereocenters. The summed E-state index contributed by atoms with van der Waals surface area (Å²) in [4.78, 5) is 38.4. The summed E-state index contributed by atoms with van der Waals surface area (Å²) in [5.74, 6) is -0.936. The van der Waals surface area contributed by atoms with E-state index in [1.807, 2.05) is 0 Å². The molecule has 0 fully saturated rings. The Kier molecular flexibility index (Phi) is 64.3. The molecule has 0 aromatic rings. The van der Waals surface area contributed by atoms with Crippen molar-refractivity contribution in [2.24, 2.45) is 0 Å². The molecule has 80 heavy (non-hydrogen) atoms. The lowest BCUT2D eigenvalue weighted by Gasteiger charge is -2.18. The van der Waals surface area contributed by atoms with Crippen LogP contribution in [0.3, 0.4) is 0 Å². The topological polar surface area (TPSA) is 78.9 Å². The van der Waals surface area contributed by atoms with E-state index in [2.05, 4.69) is 130 Å². The van der Waals surface area contributed by atoms with Gasteiger partial charge in [0, 0.05) is 19.3 Å². The van der Waals surface area contributed by atoms with Gasteiger partial charge in [-0.1, -0.05) is 304 Å². The van der Waals surface area contributed by atoms with Gasteiger partial charge < -0.3 is 14.2 Å². The Bertz CT molecular complexity index is 1610. The third-order valence-corrected chi connectivity index (χ3v) is 14.5. The molecule has 6 heteroatoms. The van der Waals surface area contributed by atoms with Crippen LogP contribution in [-0.2, 0) is 28.6 Å². The van der Waals surface area contributed by atoms with Crippen LogP contribution in [0.5, 0.6) is 0 Å². The number of ether oxygens (including phenoxy) is 3. The molecule has 0 spiro atoms. The first-order valence-electron chi connectivity index (χ1n) is 33.9. The first-order valence-corrected chi connectivity index (χ1v) is 33.9. The van der Waals surface area contributed by atoms with Crippen molar-refractivity contribution in [2.75, 3.05) is 13.2 Å². The predicted molar refractivity (Wildman–Crippen MR) is 348 cm³/mol. The van der Waals surface area contributed by atoms with Gasteiger partial charge in [-0.15, -0.1) is 0 Å². The predicted octanol–water partition coefficient (Wildman–Crippen LogP) is 23.4. The molecule has 0 saturated heterocycles. The molecular weight excluding hydrogens is 985 g/mol. The molecule has 0 heterocycles. The first kappa shape index (κ1) is 76.1. The fourth-order valence-electron chi connectivity index (χ4n) is 9.45. The molecule has 1 atom stereocenters. The van der Waals surface area contributed by atoms with E-state index in [0.717, 1.165) is 116 Å². The number of carbonyl (C=O) groups is 3. The van der Waals surface area contributed by atoms with Crippen LogP contribution in [0.2, 0.25) is 0 Å². The van der Waals surface area contributed by atoms with Gasteiger partial charge in [-0.25, -0.2) is 0 Å². The molecule has 0 saturated carbocycles. The highest BCUT2D eigenvalue weighted by Gasteiger charge is 2.19. The van der Waals surface area contributed by atoms with Crippen molar-refractivity contribution in [3.8, 4) is 0 Å². The molecule has 0 aromatic carbocycles. The molecule has 0 aliphatic heterocycles. The van der Waals surface area contributed by atoms with Crippen LogP contribution in [0, 0.1) is 0 Å². The maximum Gasteiger partial charge on any atom is 0.306 e. The van der Waals surface area contributed by atoms with Crippen LogP contribution in [0.15, 0.2) is 109 Å². The highest BCUT2D eigenvalue weighted by Crippen LogP contribution is 2.17. The van der Waals surface area contributed by atoms with Gasteiger partial charge in [0.25, 0.3) is 0 Å². The summed E-state index contributed by atoms with van der Waals surface area (Å²) in [5, 5.41) is 0. The average molecular weight is 1110 g/mol. The van der Waals surface area contributed by atoms with E-state index in [-0.39, 0.29) is 31.1 Å². The summed E-state index contributed by atoms with van der Waals surface area (Å²) in [6, 6.07) is 0. The number of carbonyl (C=O) groups excluding carboxylic acids is 3. The van der Waals surface area contributed by atoms with Crippen molar-refractivity contribution in [2.45, 2.75) is 329 Å². The molecule has 0 bridgehead atoms. The van der Waals surface area contributed by atoms with Crippen LogP contribution >= 0.6 is 0 Å². The van der Waals surface area contributed by atoms with Crippen LogP contribution in [-0.4, -0.2) is 37.2 Å². The third-order valence-electron chi connectivity index (χ3n) is 14.5. The minimum atomic E-state index is -0.801. The van der Waals surface area contributed by atoms with Crippen LogP contribution in [0.1, 0.15) is 323 Å². The molecular formula is C74H126O6. The molecule has 0 aliphatic rings. The monoisotopic (exact) mass is 1110 g/mol. The molecule has 0 aromatic heterocycles. The molecule has 6 nitrogen and oxygen atoms in total. The van der Waals surface area contributed by atoms with Crippen molar-refractivity contribution in [1.82, 2.24) is 0 Å². The third kappa shape index (κ3) is 64.9. The summed E-state index contributed by atoms with van der Waals surface area (Å²) >= 11 is 0. The maximum atomic E-state index is 12.9. The van der Waals surface area contributed by atoms with Crippen molar-refractivity contribution in [3.63, 3.8) is 0 Å². The van der Waals surface area contributed by atoms with Gasteiger partial charge in [0.05, 0.1) is 0 Å². The van der Waals surface area contributed by atoms with E-state index in [1.54, 1.807) is 0 Å². The average Bonchev–Trinajstić information content (AvgIpc) is 3.46. The largest absolute Gasteiger partial charge is 0.462 e. The summed E-state index contributed by atoms with van der Waals surface area (Å²) in [6.45, 7) is 6.50. The Morgan fingerprint density at radius 3 is 0.812 bits per heavy atom. The Morgan fingerprint density at radius 1 is 0.263 bits per heavy atom. The fraction of sp³-hybridized carbons (Fsp3) is 0.716. The van der Waals surface area contributed by atoms with Gasteiger partial charge >= 0.3 is 17.9 Å². The van der Waals surface area contributed by atoms with Crippen molar-refractivity contribution < 1.29 is 28.6 Å². The molecule has 458 valence electrons. The van der Waals surface area contributed by atoms with Crippen molar-refractivity contribution >= 4 is 17.9 Å². The summed E-state index contributed by atoms with van der Waals surface area (Å²) in [6.07, 6.45) is 92.5. The van der Waals surface area contributed by atoms with Gasteiger partial charge in [-0.2, -0.15) is 0 Å². The fourth-order valence-corrected chi connectivity index (χ4v) is 9.45. The Hall–Kier alpha value is -3.93. The van der Waals surface area contributed by atoms with Crippen LogP contribution in [0.4, 0.5) is 0 Å². The molecule has 0 amide bonds. The maximum absolute atomic E-state index is 12.9. The van der Waals surface area contributed by atoms with Crippen molar-refractivity contribution in [3.05, 3.63) is 109 Å². The second kappa shape index (κ2) is 67.6. The molecule has 0 radical (unpaired) electrons. The lowest BCUT2D eigenvalue weighted by molar-refractivity contribution is -0.167. The SMILES string of the molecule is CC/C=C\C/C=C\C/C=C\C/C=C\C/C=C\C/C=C\C/C=C\C/C=C\CCCCC(=O)OCC(COC(=O)CCCCCCC/C=C\CCCCCC)OC(=O)CCCCCCCCCCCCCCCCCCCCCCCC.